The normalized spacial score (nSPS) is 9.50. The molecule has 0 rings (SSSR count). The minimum Gasteiger partial charge on any atom is -0.379 e. The van der Waals surface area contributed by atoms with E-state index in [1.165, 1.54) is 0 Å². The summed E-state index contributed by atoms with van der Waals surface area (Å²) in [7, 11) is 0. The Kier molecular flexibility index (Phi) is 8.39. The minimum atomic E-state index is 0.606. The number of alkyl halides is 1. The number of hydrogen-bond acceptors (Lipinski definition) is 2. The van der Waals surface area contributed by atoms with E-state index in [4.69, 9.17) is 5.73 Å². The van der Waals surface area contributed by atoms with Crippen LogP contribution in [0.2, 0.25) is 0 Å². The standard InChI is InChI=1S/C9H15IN2/c1-2-3-6-9(11)12-8-5-4-7-10/h3-5,12H,2,7-8,11H2,1H3/b5-4-. The number of halogens is 1. The highest BCUT2D eigenvalue weighted by atomic mass is 127. The molecule has 0 saturated carbocycles. The smallest absolute Gasteiger partial charge is 0.141 e. The molecule has 2 nitrogen and oxygen atoms in total. The van der Waals surface area contributed by atoms with Crippen LogP contribution in [-0.2, 0) is 0 Å². The molecule has 0 atom stereocenters. The van der Waals surface area contributed by atoms with Gasteiger partial charge in [-0.2, -0.15) is 0 Å². The molecule has 12 heavy (non-hydrogen) atoms. The fourth-order valence-electron chi connectivity index (χ4n) is 0.578. The van der Waals surface area contributed by atoms with Gasteiger partial charge in [0.15, 0.2) is 0 Å². The van der Waals surface area contributed by atoms with Gasteiger partial charge < -0.3 is 11.1 Å². The number of hydrogen-bond donors (Lipinski definition) is 2. The molecule has 0 aliphatic rings. The van der Waals surface area contributed by atoms with E-state index in [-0.39, 0.29) is 0 Å². The van der Waals surface area contributed by atoms with Crippen LogP contribution in [0.3, 0.4) is 0 Å². The Hall–Kier alpha value is -0.410. The van der Waals surface area contributed by atoms with Gasteiger partial charge in [0, 0.05) is 11.0 Å². The van der Waals surface area contributed by atoms with Crippen molar-refractivity contribution in [1.29, 1.82) is 0 Å². The van der Waals surface area contributed by atoms with Gasteiger partial charge in [-0.25, -0.2) is 0 Å². The van der Waals surface area contributed by atoms with Crippen molar-refractivity contribution in [3.05, 3.63) is 29.8 Å². The highest BCUT2D eigenvalue weighted by molar-refractivity contribution is 14.1. The van der Waals surface area contributed by atoms with Crippen LogP contribution < -0.4 is 11.1 Å². The van der Waals surface area contributed by atoms with Gasteiger partial charge in [-0.3, -0.25) is 0 Å². The molecule has 0 aromatic carbocycles. The molecule has 3 heteroatoms. The van der Waals surface area contributed by atoms with Gasteiger partial charge in [-0.1, -0.05) is 47.4 Å². The van der Waals surface area contributed by atoms with Crippen LogP contribution in [0.15, 0.2) is 29.8 Å². The maximum Gasteiger partial charge on any atom is 0.141 e. The summed E-state index contributed by atoms with van der Waals surface area (Å²) in [5, 5.41) is 3.01. The molecular weight excluding hydrogens is 263 g/mol. The second-order valence-electron chi connectivity index (χ2n) is 2.18. The Morgan fingerprint density at radius 1 is 1.58 bits per heavy atom. The van der Waals surface area contributed by atoms with Crippen molar-refractivity contribution >= 4 is 22.6 Å². The SMILES string of the molecule is CCC=C=C(N)NC/C=C\CI. The highest BCUT2D eigenvalue weighted by Gasteiger charge is 1.80. The largest absolute Gasteiger partial charge is 0.379 e. The average molecular weight is 278 g/mol. The molecule has 0 amide bonds. The summed E-state index contributed by atoms with van der Waals surface area (Å²) in [5.74, 6) is 0.606. The zero-order valence-corrected chi connectivity index (χ0v) is 9.47. The second-order valence-corrected chi connectivity index (χ2v) is 3.06. The molecule has 0 aliphatic carbocycles. The number of allylic oxidation sites excluding steroid dienone is 2. The Morgan fingerprint density at radius 3 is 2.92 bits per heavy atom. The number of nitrogens with one attached hydrogen (secondary N) is 1. The Labute approximate surface area is 87.7 Å². The topological polar surface area (TPSA) is 38.0 Å². The van der Waals surface area contributed by atoms with Gasteiger partial charge in [0.2, 0.25) is 0 Å². The summed E-state index contributed by atoms with van der Waals surface area (Å²) in [6, 6.07) is 0. The maximum atomic E-state index is 5.57. The summed E-state index contributed by atoms with van der Waals surface area (Å²) in [6.07, 6.45) is 7.01. The van der Waals surface area contributed by atoms with Crippen molar-refractivity contribution in [3.8, 4) is 0 Å². The van der Waals surface area contributed by atoms with E-state index >= 15 is 0 Å². The van der Waals surface area contributed by atoms with E-state index in [0.29, 0.717) is 5.82 Å². The first kappa shape index (κ1) is 11.6. The first-order valence-corrected chi connectivity index (χ1v) is 5.49. The highest BCUT2D eigenvalue weighted by Crippen LogP contribution is 1.82. The summed E-state index contributed by atoms with van der Waals surface area (Å²) in [6.45, 7) is 2.83. The van der Waals surface area contributed by atoms with E-state index in [1.54, 1.807) is 0 Å². The number of rotatable bonds is 5. The lowest BCUT2D eigenvalue weighted by molar-refractivity contribution is 0.888. The Morgan fingerprint density at radius 2 is 2.33 bits per heavy atom. The number of nitrogens with two attached hydrogens (primary N) is 1. The maximum absolute atomic E-state index is 5.57. The zero-order valence-electron chi connectivity index (χ0n) is 7.31. The predicted molar refractivity (Wildman–Crippen MR) is 62.1 cm³/mol. The predicted octanol–water partition coefficient (Wildman–Crippen LogP) is 1.93. The summed E-state index contributed by atoms with van der Waals surface area (Å²) < 4.78 is 1.04. The van der Waals surface area contributed by atoms with E-state index in [0.717, 1.165) is 17.4 Å². The van der Waals surface area contributed by atoms with Gasteiger partial charge in [0.1, 0.15) is 5.82 Å². The lowest BCUT2D eigenvalue weighted by Crippen LogP contribution is -2.18. The summed E-state index contributed by atoms with van der Waals surface area (Å²) in [5.41, 5.74) is 8.50. The molecule has 0 aromatic rings. The van der Waals surface area contributed by atoms with Crippen molar-refractivity contribution in [1.82, 2.24) is 5.32 Å². The molecule has 0 saturated heterocycles. The molecule has 0 unspecified atom stereocenters. The molecule has 0 fully saturated rings. The van der Waals surface area contributed by atoms with Crippen LogP contribution in [0.4, 0.5) is 0 Å². The third-order valence-electron chi connectivity index (χ3n) is 1.13. The molecule has 68 valence electrons. The molecule has 0 bridgehead atoms. The van der Waals surface area contributed by atoms with Crippen molar-refractivity contribution in [3.63, 3.8) is 0 Å². The van der Waals surface area contributed by atoms with E-state index in [9.17, 15) is 0 Å². The molecule has 0 heterocycles. The van der Waals surface area contributed by atoms with Gasteiger partial charge >= 0.3 is 0 Å². The first-order valence-electron chi connectivity index (χ1n) is 3.96. The van der Waals surface area contributed by atoms with Gasteiger partial charge in [0.05, 0.1) is 0 Å². The van der Waals surface area contributed by atoms with Crippen LogP contribution in [0.5, 0.6) is 0 Å². The lowest BCUT2D eigenvalue weighted by atomic mass is 10.4. The van der Waals surface area contributed by atoms with Crippen molar-refractivity contribution in [2.75, 3.05) is 11.0 Å². The minimum absolute atomic E-state index is 0.606. The van der Waals surface area contributed by atoms with Gasteiger partial charge in [0.25, 0.3) is 0 Å². The van der Waals surface area contributed by atoms with Gasteiger partial charge in [-0.15, -0.1) is 0 Å². The van der Waals surface area contributed by atoms with E-state index in [2.05, 4.69) is 46.6 Å². The van der Waals surface area contributed by atoms with Crippen LogP contribution in [-0.4, -0.2) is 11.0 Å². The van der Waals surface area contributed by atoms with Crippen molar-refractivity contribution < 1.29 is 0 Å². The second kappa shape index (κ2) is 8.68. The third kappa shape index (κ3) is 7.69. The Bertz CT molecular complexity index is 191. The fraction of sp³-hybridized carbons (Fsp3) is 0.444. The van der Waals surface area contributed by atoms with Gasteiger partial charge in [-0.05, 0) is 12.5 Å². The van der Waals surface area contributed by atoms with Crippen LogP contribution >= 0.6 is 22.6 Å². The monoisotopic (exact) mass is 278 g/mol. The molecule has 0 radical (unpaired) electrons. The van der Waals surface area contributed by atoms with Crippen molar-refractivity contribution in [2.45, 2.75) is 13.3 Å². The van der Waals surface area contributed by atoms with Crippen LogP contribution in [0.1, 0.15) is 13.3 Å². The third-order valence-corrected chi connectivity index (χ3v) is 1.64. The van der Waals surface area contributed by atoms with Crippen molar-refractivity contribution in [2.24, 2.45) is 5.73 Å². The molecule has 0 spiro atoms. The van der Waals surface area contributed by atoms with Crippen LogP contribution in [0.25, 0.3) is 0 Å². The zero-order chi connectivity index (χ0) is 9.23. The Balaban J connectivity index is 3.63. The average Bonchev–Trinajstić information content (AvgIpc) is 2.09. The molecular formula is C9H15IN2. The molecule has 0 aromatic heterocycles. The summed E-state index contributed by atoms with van der Waals surface area (Å²) in [4.78, 5) is 0. The van der Waals surface area contributed by atoms with Crippen LogP contribution in [0, 0.1) is 0 Å². The molecule has 0 aliphatic heterocycles. The first-order chi connectivity index (χ1) is 5.81. The summed E-state index contributed by atoms with van der Waals surface area (Å²) >= 11 is 2.29. The molecule has 3 N–H and O–H groups in total. The quantitative estimate of drug-likeness (QED) is 0.349. The lowest BCUT2D eigenvalue weighted by Gasteiger charge is -1.97. The van der Waals surface area contributed by atoms with E-state index in [1.807, 2.05) is 12.2 Å². The fourth-order valence-corrected chi connectivity index (χ4v) is 0.938. The van der Waals surface area contributed by atoms with E-state index < -0.39 is 0 Å².